The van der Waals surface area contributed by atoms with Gasteiger partial charge in [-0.15, -0.1) is 68.5 Å². The van der Waals surface area contributed by atoms with Crippen molar-refractivity contribution in [2.75, 3.05) is 0 Å². The monoisotopic (exact) mass is 458 g/mol. The minimum Gasteiger partial charge on any atom is -1.00 e. The second-order valence-electron chi connectivity index (χ2n) is 5.72. The molecule has 140 valence electrons. The molecule has 0 amide bonds. The molecular formula is C24H21Cl2PTi. The smallest absolute Gasteiger partial charge is 1.00 e. The van der Waals surface area contributed by atoms with Crippen molar-refractivity contribution in [3.05, 3.63) is 115 Å². The number of hydrogen-bond donors (Lipinski definition) is 0. The molecule has 0 saturated heterocycles. The average Bonchev–Trinajstić information content (AvgIpc) is 3.32. The van der Waals surface area contributed by atoms with Crippen molar-refractivity contribution in [2.45, 2.75) is 0 Å². The fourth-order valence-electron chi connectivity index (χ4n) is 2.59. The number of hydrogen-bond acceptors (Lipinski definition) is 0. The molecule has 0 fully saturated rings. The number of rotatable bonds is 0. The van der Waals surface area contributed by atoms with Crippen molar-refractivity contribution in [2.24, 2.45) is 0 Å². The van der Waals surface area contributed by atoms with Gasteiger partial charge >= 0.3 is 21.7 Å². The van der Waals surface area contributed by atoms with Gasteiger partial charge < -0.3 is 24.8 Å². The van der Waals surface area contributed by atoms with E-state index in [0.29, 0.717) is 0 Å². The molecule has 0 aliphatic rings. The van der Waals surface area contributed by atoms with Crippen LogP contribution in [0.15, 0.2) is 115 Å². The molecule has 0 bridgehead atoms. The SMILES string of the molecule is Pc1ccccc1.[Cl-].[Cl-].[Ti+4].c1ccc2[cH-]ccc2c1.c1ccc2[cH-]ccc2c1. The second kappa shape index (κ2) is 14.6. The number of benzene rings is 3. The number of halogens is 2. The zero-order valence-corrected chi connectivity index (χ0v) is 19.5. The van der Waals surface area contributed by atoms with Gasteiger partial charge in [-0.05, 0) is 5.30 Å². The molecule has 0 N–H and O–H groups in total. The fourth-order valence-corrected chi connectivity index (χ4v) is 2.82. The summed E-state index contributed by atoms with van der Waals surface area (Å²) in [5.74, 6) is 0. The summed E-state index contributed by atoms with van der Waals surface area (Å²) in [4.78, 5) is 0. The van der Waals surface area contributed by atoms with Crippen molar-refractivity contribution in [1.82, 2.24) is 0 Å². The quantitative estimate of drug-likeness (QED) is 0.178. The molecule has 28 heavy (non-hydrogen) atoms. The summed E-state index contributed by atoms with van der Waals surface area (Å²) in [5.41, 5.74) is 0. The predicted molar refractivity (Wildman–Crippen MR) is 115 cm³/mol. The van der Waals surface area contributed by atoms with Crippen molar-refractivity contribution in [3.63, 3.8) is 0 Å². The van der Waals surface area contributed by atoms with Gasteiger partial charge in [-0.3, -0.25) is 0 Å². The van der Waals surface area contributed by atoms with E-state index in [1.54, 1.807) is 0 Å². The van der Waals surface area contributed by atoms with Crippen LogP contribution in [0.1, 0.15) is 0 Å². The Kier molecular flexibility index (Phi) is 13.9. The van der Waals surface area contributed by atoms with E-state index in [9.17, 15) is 0 Å². The Bertz CT molecular complexity index is 896. The molecule has 5 aromatic carbocycles. The summed E-state index contributed by atoms with van der Waals surface area (Å²) in [5, 5.41) is 6.56. The third-order valence-electron chi connectivity index (χ3n) is 3.89. The summed E-state index contributed by atoms with van der Waals surface area (Å²) in [7, 11) is 2.63. The first kappa shape index (κ1) is 26.6. The van der Waals surface area contributed by atoms with Crippen LogP contribution in [0.25, 0.3) is 21.5 Å². The van der Waals surface area contributed by atoms with Crippen LogP contribution in [0.3, 0.4) is 0 Å². The van der Waals surface area contributed by atoms with Crippen LogP contribution in [0, 0.1) is 0 Å². The van der Waals surface area contributed by atoms with E-state index in [1.807, 2.05) is 30.3 Å². The van der Waals surface area contributed by atoms with E-state index < -0.39 is 0 Å². The van der Waals surface area contributed by atoms with Crippen molar-refractivity contribution >= 4 is 36.1 Å². The maximum absolute atomic E-state index is 2.63. The van der Waals surface area contributed by atoms with Gasteiger partial charge in [0.15, 0.2) is 0 Å². The first-order valence-corrected chi connectivity index (χ1v) is 8.92. The Balaban J connectivity index is 0.000000374. The van der Waals surface area contributed by atoms with Crippen LogP contribution in [0.5, 0.6) is 0 Å². The Labute approximate surface area is 197 Å². The molecule has 5 aromatic rings. The number of fused-ring (bicyclic) bond motifs is 2. The normalized spacial score (nSPS) is 8.75. The zero-order valence-electron chi connectivity index (χ0n) is 15.3. The molecule has 0 saturated carbocycles. The first-order valence-electron chi connectivity index (χ1n) is 8.34. The van der Waals surface area contributed by atoms with Crippen molar-refractivity contribution in [3.8, 4) is 0 Å². The summed E-state index contributed by atoms with van der Waals surface area (Å²) >= 11 is 0. The molecule has 0 spiro atoms. The topological polar surface area (TPSA) is 0 Å². The summed E-state index contributed by atoms with van der Waals surface area (Å²) in [6.45, 7) is 0. The van der Waals surface area contributed by atoms with Crippen LogP contribution >= 0.6 is 9.24 Å². The van der Waals surface area contributed by atoms with Gasteiger partial charge in [-0.25, -0.2) is 0 Å². The Morgan fingerprint density at radius 3 is 1.25 bits per heavy atom. The van der Waals surface area contributed by atoms with Gasteiger partial charge in [0, 0.05) is 0 Å². The molecule has 0 radical (unpaired) electrons. The van der Waals surface area contributed by atoms with E-state index in [4.69, 9.17) is 0 Å². The molecule has 0 aromatic heterocycles. The van der Waals surface area contributed by atoms with Gasteiger partial charge in [0.2, 0.25) is 0 Å². The van der Waals surface area contributed by atoms with Crippen LogP contribution in [-0.4, -0.2) is 0 Å². The maximum atomic E-state index is 2.63. The first-order chi connectivity index (χ1) is 12.3. The van der Waals surface area contributed by atoms with Crippen LogP contribution in [0.2, 0.25) is 0 Å². The molecule has 1 atom stereocenters. The van der Waals surface area contributed by atoms with E-state index in [-0.39, 0.29) is 46.5 Å². The van der Waals surface area contributed by atoms with E-state index >= 15 is 0 Å². The van der Waals surface area contributed by atoms with Gasteiger partial charge in [0.05, 0.1) is 0 Å². The van der Waals surface area contributed by atoms with Crippen LogP contribution in [-0.2, 0) is 21.7 Å². The van der Waals surface area contributed by atoms with Gasteiger partial charge in [-0.2, -0.15) is 35.0 Å². The Hall–Kier alpha value is -1.40. The molecule has 0 nitrogen and oxygen atoms in total. The molecule has 0 aliphatic heterocycles. The fraction of sp³-hybridized carbons (Fsp3) is 0. The van der Waals surface area contributed by atoms with Gasteiger partial charge in [0.1, 0.15) is 0 Å². The second-order valence-corrected chi connectivity index (χ2v) is 6.39. The molecule has 4 heteroatoms. The standard InChI is InChI=1S/2C9H7.C6H7P.2ClH.Ti/c2*1-2-5-9-7-3-6-8(9)4-1;7-6-4-2-1-3-5-6;;;/h2*1-7H;1-5H,7H2;2*1H;/q2*-1;;;;+4/p-2. The Morgan fingerprint density at radius 2 is 0.893 bits per heavy atom. The largest absolute Gasteiger partial charge is 4.00 e. The molecule has 0 aliphatic carbocycles. The molecule has 0 heterocycles. The molecular weight excluding hydrogens is 438 g/mol. The van der Waals surface area contributed by atoms with Crippen molar-refractivity contribution < 1.29 is 46.5 Å². The third kappa shape index (κ3) is 8.31. The van der Waals surface area contributed by atoms with Crippen molar-refractivity contribution in [1.29, 1.82) is 0 Å². The zero-order chi connectivity index (χ0) is 17.3. The minimum absolute atomic E-state index is 0. The summed E-state index contributed by atoms with van der Waals surface area (Å²) in [6.07, 6.45) is 0. The Morgan fingerprint density at radius 1 is 0.500 bits per heavy atom. The predicted octanol–water partition coefficient (Wildman–Crippen LogP) is 0.310. The van der Waals surface area contributed by atoms with Crippen LogP contribution in [0.4, 0.5) is 0 Å². The van der Waals surface area contributed by atoms with E-state index in [0.717, 1.165) is 0 Å². The minimum atomic E-state index is 0. The van der Waals surface area contributed by atoms with E-state index in [1.165, 1.54) is 26.8 Å². The third-order valence-corrected chi connectivity index (χ3v) is 4.28. The molecule has 1 unspecified atom stereocenters. The van der Waals surface area contributed by atoms with E-state index in [2.05, 4.69) is 94.2 Å². The summed E-state index contributed by atoms with van der Waals surface area (Å²) < 4.78 is 0. The molecule has 5 rings (SSSR count). The maximum Gasteiger partial charge on any atom is 4.00 e. The summed E-state index contributed by atoms with van der Waals surface area (Å²) in [6, 6.07) is 39.5. The van der Waals surface area contributed by atoms with Crippen LogP contribution < -0.4 is 30.1 Å². The van der Waals surface area contributed by atoms with Gasteiger partial charge in [0.25, 0.3) is 0 Å². The average molecular weight is 459 g/mol. The van der Waals surface area contributed by atoms with Gasteiger partial charge in [-0.1, -0.05) is 42.5 Å².